The van der Waals surface area contributed by atoms with Crippen LogP contribution in [0.4, 0.5) is 0 Å². The van der Waals surface area contributed by atoms with E-state index >= 15 is 0 Å². The minimum absolute atomic E-state index is 0.0427. The van der Waals surface area contributed by atoms with Crippen molar-refractivity contribution in [1.29, 1.82) is 0 Å². The summed E-state index contributed by atoms with van der Waals surface area (Å²) in [6, 6.07) is 7.25. The highest BCUT2D eigenvalue weighted by molar-refractivity contribution is 9.10. The van der Waals surface area contributed by atoms with Gasteiger partial charge < -0.3 is 10.4 Å². The van der Waals surface area contributed by atoms with Crippen molar-refractivity contribution in [2.24, 2.45) is 0 Å². The normalized spacial score (nSPS) is 12.2. The third kappa shape index (κ3) is 3.94. The molecule has 0 aliphatic carbocycles. The van der Waals surface area contributed by atoms with Crippen LogP contribution in [0.15, 0.2) is 28.7 Å². The minimum atomic E-state index is -0.0900. The first kappa shape index (κ1) is 13.2. The van der Waals surface area contributed by atoms with Gasteiger partial charge in [0.15, 0.2) is 0 Å². The largest absolute Gasteiger partial charge is 0.396 e. The minimum Gasteiger partial charge on any atom is -0.396 e. The number of hydrogen-bond donors (Lipinski definition) is 2. The number of rotatable bonds is 5. The van der Waals surface area contributed by atoms with Crippen LogP contribution in [0.3, 0.4) is 0 Å². The van der Waals surface area contributed by atoms with Crippen LogP contribution >= 0.6 is 15.9 Å². The number of benzene rings is 1. The molecule has 1 aromatic carbocycles. The van der Waals surface area contributed by atoms with Gasteiger partial charge in [0.2, 0.25) is 0 Å². The smallest absolute Gasteiger partial charge is 0.251 e. The molecule has 3 nitrogen and oxygen atoms in total. The number of halogens is 1. The first-order chi connectivity index (χ1) is 7.67. The van der Waals surface area contributed by atoms with Crippen LogP contribution < -0.4 is 5.32 Å². The van der Waals surface area contributed by atoms with E-state index in [0.29, 0.717) is 12.0 Å². The van der Waals surface area contributed by atoms with Crippen molar-refractivity contribution >= 4 is 21.8 Å². The Bertz CT molecular complexity index is 337. The quantitative estimate of drug-likeness (QED) is 0.873. The SMILES string of the molecule is CCC(CCO)NC(=O)c1ccc(Br)cc1. The number of amides is 1. The number of hydrogen-bond acceptors (Lipinski definition) is 2. The Hall–Kier alpha value is -0.870. The van der Waals surface area contributed by atoms with Crippen molar-refractivity contribution < 1.29 is 9.90 Å². The van der Waals surface area contributed by atoms with Crippen molar-refractivity contribution in [2.45, 2.75) is 25.8 Å². The van der Waals surface area contributed by atoms with Crippen LogP contribution in [0.25, 0.3) is 0 Å². The van der Waals surface area contributed by atoms with Gasteiger partial charge in [-0.3, -0.25) is 4.79 Å². The van der Waals surface area contributed by atoms with E-state index in [9.17, 15) is 4.79 Å². The summed E-state index contributed by atoms with van der Waals surface area (Å²) in [5.41, 5.74) is 0.639. The maximum atomic E-state index is 11.8. The second-order valence-electron chi connectivity index (χ2n) is 3.60. The van der Waals surface area contributed by atoms with E-state index in [2.05, 4.69) is 21.2 Å². The zero-order valence-electron chi connectivity index (χ0n) is 9.24. The molecule has 0 aliphatic rings. The third-order valence-electron chi connectivity index (χ3n) is 2.41. The Morgan fingerprint density at radius 1 is 1.44 bits per heavy atom. The first-order valence-corrected chi connectivity index (χ1v) is 6.14. The lowest BCUT2D eigenvalue weighted by atomic mass is 10.1. The van der Waals surface area contributed by atoms with Gasteiger partial charge in [0.25, 0.3) is 5.91 Å². The molecule has 4 heteroatoms. The maximum Gasteiger partial charge on any atom is 0.251 e. The third-order valence-corrected chi connectivity index (χ3v) is 2.94. The van der Waals surface area contributed by atoms with E-state index in [1.165, 1.54) is 0 Å². The van der Waals surface area contributed by atoms with Crippen LogP contribution in [0.1, 0.15) is 30.1 Å². The van der Waals surface area contributed by atoms with E-state index in [-0.39, 0.29) is 18.6 Å². The van der Waals surface area contributed by atoms with Gasteiger partial charge in [0.05, 0.1) is 0 Å². The number of aliphatic hydroxyl groups excluding tert-OH is 1. The monoisotopic (exact) mass is 285 g/mol. The number of nitrogens with one attached hydrogen (secondary N) is 1. The van der Waals surface area contributed by atoms with Gasteiger partial charge in [0.1, 0.15) is 0 Å². The Balaban J connectivity index is 2.60. The molecule has 2 N–H and O–H groups in total. The van der Waals surface area contributed by atoms with Crippen molar-refractivity contribution in [1.82, 2.24) is 5.32 Å². The molecule has 1 atom stereocenters. The lowest BCUT2D eigenvalue weighted by molar-refractivity contribution is 0.0929. The van der Waals surface area contributed by atoms with Gasteiger partial charge in [0, 0.05) is 22.7 Å². The summed E-state index contributed by atoms with van der Waals surface area (Å²) in [6.45, 7) is 2.08. The first-order valence-electron chi connectivity index (χ1n) is 5.34. The standard InChI is InChI=1S/C12H16BrNO2/c1-2-11(7-8-15)14-12(16)9-3-5-10(13)6-4-9/h3-6,11,15H,2,7-8H2,1H3,(H,14,16). The van der Waals surface area contributed by atoms with E-state index in [4.69, 9.17) is 5.11 Å². The van der Waals surface area contributed by atoms with Crippen LogP contribution in [0, 0.1) is 0 Å². The molecule has 0 heterocycles. The summed E-state index contributed by atoms with van der Waals surface area (Å²) < 4.78 is 0.950. The second kappa shape index (κ2) is 6.66. The summed E-state index contributed by atoms with van der Waals surface area (Å²) in [6.07, 6.45) is 1.42. The molecule has 0 saturated heterocycles. The fourth-order valence-electron chi connectivity index (χ4n) is 1.40. The van der Waals surface area contributed by atoms with Gasteiger partial charge in [-0.1, -0.05) is 22.9 Å². The maximum absolute atomic E-state index is 11.8. The van der Waals surface area contributed by atoms with Crippen LogP contribution in [-0.4, -0.2) is 23.7 Å². The van der Waals surface area contributed by atoms with E-state index in [1.807, 2.05) is 19.1 Å². The highest BCUT2D eigenvalue weighted by Gasteiger charge is 2.11. The highest BCUT2D eigenvalue weighted by atomic mass is 79.9. The molecular formula is C12H16BrNO2. The van der Waals surface area contributed by atoms with E-state index in [0.717, 1.165) is 10.9 Å². The number of carbonyl (C=O) groups excluding carboxylic acids is 1. The van der Waals surface area contributed by atoms with Crippen molar-refractivity contribution in [3.63, 3.8) is 0 Å². The van der Waals surface area contributed by atoms with E-state index < -0.39 is 0 Å². The molecule has 0 saturated carbocycles. The summed E-state index contributed by atoms with van der Waals surface area (Å²) in [5.74, 6) is -0.0900. The molecule has 88 valence electrons. The Morgan fingerprint density at radius 2 is 2.06 bits per heavy atom. The molecule has 1 unspecified atom stereocenters. The van der Waals surface area contributed by atoms with E-state index in [1.54, 1.807) is 12.1 Å². The molecule has 0 bridgehead atoms. The Morgan fingerprint density at radius 3 is 2.56 bits per heavy atom. The number of aliphatic hydroxyl groups is 1. The van der Waals surface area contributed by atoms with Crippen molar-refractivity contribution in [3.05, 3.63) is 34.3 Å². The average Bonchev–Trinajstić information content (AvgIpc) is 2.29. The topological polar surface area (TPSA) is 49.3 Å². The predicted molar refractivity (Wildman–Crippen MR) is 67.4 cm³/mol. The lowest BCUT2D eigenvalue weighted by Gasteiger charge is -2.15. The highest BCUT2D eigenvalue weighted by Crippen LogP contribution is 2.10. The molecule has 1 aromatic rings. The van der Waals surface area contributed by atoms with Gasteiger partial charge in [-0.25, -0.2) is 0 Å². The molecular weight excluding hydrogens is 270 g/mol. The van der Waals surface area contributed by atoms with Crippen LogP contribution in [0.2, 0.25) is 0 Å². The molecule has 0 radical (unpaired) electrons. The second-order valence-corrected chi connectivity index (χ2v) is 4.51. The molecule has 16 heavy (non-hydrogen) atoms. The number of carbonyl (C=O) groups is 1. The van der Waals surface area contributed by atoms with Crippen LogP contribution in [-0.2, 0) is 0 Å². The molecule has 1 rings (SSSR count). The fourth-order valence-corrected chi connectivity index (χ4v) is 1.67. The molecule has 0 fully saturated rings. The zero-order valence-corrected chi connectivity index (χ0v) is 10.8. The zero-order chi connectivity index (χ0) is 12.0. The molecule has 0 aromatic heterocycles. The van der Waals surface area contributed by atoms with Gasteiger partial charge in [-0.2, -0.15) is 0 Å². The fraction of sp³-hybridized carbons (Fsp3) is 0.417. The predicted octanol–water partition coefficient (Wildman–Crippen LogP) is 2.34. The van der Waals surface area contributed by atoms with Crippen molar-refractivity contribution in [2.75, 3.05) is 6.61 Å². The lowest BCUT2D eigenvalue weighted by Crippen LogP contribution is -2.34. The molecule has 0 aliphatic heterocycles. The summed E-state index contributed by atoms with van der Waals surface area (Å²) in [5, 5.41) is 11.7. The molecule has 1 amide bonds. The summed E-state index contributed by atoms with van der Waals surface area (Å²) >= 11 is 3.32. The average molecular weight is 286 g/mol. The molecule has 0 spiro atoms. The van der Waals surface area contributed by atoms with Gasteiger partial charge >= 0.3 is 0 Å². The van der Waals surface area contributed by atoms with Crippen LogP contribution in [0.5, 0.6) is 0 Å². The van der Waals surface area contributed by atoms with Crippen molar-refractivity contribution in [3.8, 4) is 0 Å². The Kier molecular flexibility index (Phi) is 5.49. The van der Waals surface area contributed by atoms with Gasteiger partial charge in [-0.05, 0) is 37.1 Å². The summed E-state index contributed by atoms with van der Waals surface area (Å²) in [7, 11) is 0. The van der Waals surface area contributed by atoms with Gasteiger partial charge in [-0.15, -0.1) is 0 Å². The summed E-state index contributed by atoms with van der Waals surface area (Å²) in [4.78, 5) is 11.8. The Labute approximate surface area is 104 Å².